The number of aromatic nitrogens is 1. The zero-order valence-corrected chi connectivity index (χ0v) is 16.1. The molecule has 4 rings (SSSR count). The van der Waals surface area contributed by atoms with Gasteiger partial charge in [0, 0.05) is 32.7 Å². The first kappa shape index (κ1) is 18.5. The van der Waals surface area contributed by atoms with E-state index in [9.17, 15) is 4.79 Å². The molecule has 0 bridgehead atoms. The number of nitrogens with one attached hydrogen (secondary N) is 1. The van der Waals surface area contributed by atoms with Gasteiger partial charge in [-0.15, -0.1) is 0 Å². The standard InChI is InChI=1S/C22H25N3O3/c1-27-15-17-6-4-5-16(13-17)14-23-22(26)25-11-9-18(10-12-25)21-24-19-7-2-3-8-20(19)28-21/h2-8,13,18H,9-12,14-15H2,1H3,(H,23,26). The van der Waals surface area contributed by atoms with Gasteiger partial charge < -0.3 is 19.4 Å². The number of amides is 2. The van der Waals surface area contributed by atoms with Crippen LogP contribution in [0.25, 0.3) is 11.1 Å². The summed E-state index contributed by atoms with van der Waals surface area (Å²) in [7, 11) is 1.68. The lowest BCUT2D eigenvalue weighted by molar-refractivity contribution is 0.177. The number of nitrogens with zero attached hydrogens (tertiary/aromatic N) is 2. The minimum atomic E-state index is -0.0202. The third-order valence-corrected chi connectivity index (χ3v) is 5.19. The number of ether oxygens (including phenoxy) is 1. The van der Waals surface area contributed by atoms with Crippen LogP contribution in [0.3, 0.4) is 0 Å². The fraction of sp³-hybridized carbons (Fsp3) is 0.364. The molecule has 3 aromatic rings. The van der Waals surface area contributed by atoms with Gasteiger partial charge in [-0.05, 0) is 36.1 Å². The highest BCUT2D eigenvalue weighted by molar-refractivity contribution is 5.74. The van der Waals surface area contributed by atoms with E-state index in [4.69, 9.17) is 9.15 Å². The van der Waals surface area contributed by atoms with Crippen molar-refractivity contribution in [2.24, 2.45) is 0 Å². The van der Waals surface area contributed by atoms with Gasteiger partial charge >= 0.3 is 6.03 Å². The van der Waals surface area contributed by atoms with E-state index in [0.717, 1.165) is 41.0 Å². The molecule has 28 heavy (non-hydrogen) atoms. The molecular formula is C22H25N3O3. The number of carbonyl (C=O) groups is 1. The number of benzene rings is 2. The summed E-state index contributed by atoms with van der Waals surface area (Å²) in [6.45, 7) is 2.50. The van der Waals surface area contributed by atoms with Crippen molar-refractivity contribution in [1.29, 1.82) is 0 Å². The van der Waals surface area contributed by atoms with Crippen LogP contribution in [0.5, 0.6) is 0 Å². The first-order valence-electron chi connectivity index (χ1n) is 9.68. The number of urea groups is 1. The minimum absolute atomic E-state index is 0.0202. The van der Waals surface area contributed by atoms with Gasteiger partial charge in [0.05, 0.1) is 6.61 Å². The van der Waals surface area contributed by atoms with E-state index in [0.29, 0.717) is 26.2 Å². The minimum Gasteiger partial charge on any atom is -0.440 e. The fourth-order valence-electron chi connectivity index (χ4n) is 3.68. The van der Waals surface area contributed by atoms with E-state index in [1.54, 1.807) is 7.11 Å². The second-order valence-electron chi connectivity index (χ2n) is 7.19. The maximum absolute atomic E-state index is 12.5. The molecule has 146 valence electrons. The summed E-state index contributed by atoms with van der Waals surface area (Å²) in [6, 6.07) is 15.9. The zero-order valence-electron chi connectivity index (χ0n) is 16.1. The summed E-state index contributed by atoms with van der Waals surface area (Å²) in [4.78, 5) is 19.0. The number of likely N-dealkylation sites (tertiary alicyclic amines) is 1. The summed E-state index contributed by atoms with van der Waals surface area (Å²) >= 11 is 0. The maximum Gasteiger partial charge on any atom is 0.317 e. The lowest BCUT2D eigenvalue weighted by atomic mass is 9.97. The Kier molecular flexibility index (Phi) is 5.58. The van der Waals surface area contributed by atoms with Crippen molar-refractivity contribution in [3.63, 3.8) is 0 Å². The molecule has 6 heteroatoms. The van der Waals surface area contributed by atoms with Crippen molar-refractivity contribution in [2.45, 2.75) is 31.9 Å². The maximum atomic E-state index is 12.5. The highest BCUT2D eigenvalue weighted by Gasteiger charge is 2.26. The molecule has 6 nitrogen and oxygen atoms in total. The van der Waals surface area contributed by atoms with Gasteiger partial charge in [0.25, 0.3) is 0 Å². The lowest BCUT2D eigenvalue weighted by Gasteiger charge is -2.30. The van der Waals surface area contributed by atoms with Gasteiger partial charge in [-0.3, -0.25) is 0 Å². The second-order valence-corrected chi connectivity index (χ2v) is 7.19. The number of hydrogen-bond acceptors (Lipinski definition) is 4. The number of rotatable bonds is 5. The number of methoxy groups -OCH3 is 1. The topological polar surface area (TPSA) is 67.6 Å². The van der Waals surface area contributed by atoms with Gasteiger partial charge in [0.15, 0.2) is 11.5 Å². The molecule has 1 aliphatic rings. The average Bonchev–Trinajstić information content (AvgIpc) is 3.17. The Balaban J connectivity index is 1.29. The van der Waals surface area contributed by atoms with Crippen molar-refractivity contribution in [1.82, 2.24) is 15.2 Å². The van der Waals surface area contributed by atoms with Crippen LogP contribution in [0.4, 0.5) is 4.79 Å². The molecule has 2 aromatic carbocycles. The van der Waals surface area contributed by atoms with Gasteiger partial charge in [-0.25, -0.2) is 9.78 Å². The van der Waals surface area contributed by atoms with Crippen LogP contribution in [0.15, 0.2) is 52.9 Å². The largest absolute Gasteiger partial charge is 0.440 e. The van der Waals surface area contributed by atoms with Crippen LogP contribution in [-0.4, -0.2) is 36.1 Å². The molecule has 1 aliphatic heterocycles. The first-order valence-corrected chi connectivity index (χ1v) is 9.68. The molecule has 1 fully saturated rings. The molecular weight excluding hydrogens is 354 g/mol. The van der Waals surface area contributed by atoms with E-state index < -0.39 is 0 Å². The van der Waals surface area contributed by atoms with E-state index in [-0.39, 0.29) is 11.9 Å². The second kappa shape index (κ2) is 8.44. The van der Waals surface area contributed by atoms with E-state index in [1.807, 2.05) is 47.4 Å². The summed E-state index contributed by atoms with van der Waals surface area (Å²) in [5.74, 6) is 1.05. The number of carbonyl (C=O) groups excluding carboxylic acids is 1. The highest BCUT2D eigenvalue weighted by atomic mass is 16.5. The van der Waals surface area contributed by atoms with Crippen LogP contribution >= 0.6 is 0 Å². The fourth-order valence-corrected chi connectivity index (χ4v) is 3.68. The average molecular weight is 379 g/mol. The number of para-hydroxylation sites is 2. The Hall–Kier alpha value is -2.86. The first-order chi connectivity index (χ1) is 13.7. The van der Waals surface area contributed by atoms with Gasteiger partial charge in [-0.1, -0.05) is 36.4 Å². The van der Waals surface area contributed by atoms with Crippen LogP contribution < -0.4 is 5.32 Å². The highest BCUT2D eigenvalue weighted by Crippen LogP contribution is 2.29. The molecule has 0 aliphatic carbocycles. The van der Waals surface area contributed by atoms with E-state index in [2.05, 4.69) is 16.4 Å². The van der Waals surface area contributed by atoms with Crippen molar-refractivity contribution < 1.29 is 13.9 Å². The molecule has 2 heterocycles. The summed E-state index contributed by atoms with van der Waals surface area (Å²) in [5, 5.41) is 3.02. The summed E-state index contributed by atoms with van der Waals surface area (Å²) < 4.78 is 11.1. The molecule has 0 spiro atoms. The zero-order chi connectivity index (χ0) is 19.3. The molecule has 2 amide bonds. The number of hydrogen-bond donors (Lipinski definition) is 1. The lowest BCUT2D eigenvalue weighted by Crippen LogP contribution is -2.43. The Labute approximate surface area is 164 Å². The molecule has 1 saturated heterocycles. The Morgan fingerprint density at radius 2 is 1.96 bits per heavy atom. The predicted octanol–water partition coefficient (Wildman–Crippen LogP) is 4.06. The van der Waals surface area contributed by atoms with Crippen molar-refractivity contribution in [2.75, 3.05) is 20.2 Å². The molecule has 0 unspecified atom stereocenters. The van der Waals surface area contributed by atoms with E-state index >= 15 is 0 Å². The normalized spacial score (nSPS) is 15.1. The molecule has 0 atom stereocenters. The summed E-state index contributed by atoms with van der Waals surface area (Å²) in [6.07, 6.45) is 1.73. The van der Waals surface area contributed by atoms with Crippen molar-refractivity contribution >= 4 is 17.1 Å². The molecule has 0 saturated carbocycles. The van der Waals surface area contributed by atoms with Crippen molar-refractivity contribution in [3.05, 3.63) is 65.5 Å². The van der Waals surface area contributed by atoms with Gasteiger partial charge in [0.2, 0.25) is 0 Å². The third kappa shape index (κ3) is 4.17. The molecule has 1 aromatic heterocycles. The number of fused-ring (bicyclic) bond motifs is 1. The Bertz CT molecular complexity index is 912. The molecule has 1 N–H and O–H groups in total. The quantitative estimate of drug-likeness (QED) is 0.726. The third-order valence-electron chi connectivity index (χ3n) is 5.19. The molecule has 0 radical (unpaired) electrons. The number of oxazole rings is 1. The van der Waals surface area contributed by atoms with Crippen LogP contribution in [0.2, 0.25) is 0 Å². The SMILES string of the molecule is COCc1cccc(CNC(=O)N2CCC(c3nc4ccccc4o3)CC2)c1. The summed E-state index contributed by atoms with van der Waals surface area (Å²) in [5.41, 5.74) is 3.90. The van der Waals surface area contributed by atoms with Crippen LogP contribution in [0.1, 0.15) is 35.8 Å². The van der Waals surface area contributed by atoms with Crippen LogP contribution in [0, 0.1) is 0 Å². The Morgan fingerprint density at radius 3 is 2.75 bits per heavy atom. The Morgan fingerprint density at radius 1 is 1.18 bits per heavy atom. The monoisotopic (exact) mass is 379 g/mol. The van der Waals surface area contributed by atoms with Gasteiger partial charge in [-0.2, -0.15) is 0 Å². The van der Waals surface area contributed by atoms with Gasteiger partial charge in [0.1, 0.15) is 5.52 Å². The van der Waals surface area contributed by atoms with E-state index in [1.165, 1.54) is 0 Å². The van der Waals surface area contributed by atoms with Crippen molar-refractivity contribution in [3.8, 4) is 0 Å². The predicted molar refractivity (Wildman–Crippen MR) is 107 cm³/mol. The smallest absolute Gasteiger partial charge is 0.317 e. The van der Waals surface area contributed by atoms with Crippen LogP contribution in [-0.2, 0) is 17.9 Å². The number of piperidine rings is 1.